The molecule has 0 radical (unpaired) electrons. The number of carbonyl (C=O) groups is 1. The van der Waals surface area contributed by atoms with E-state index in [1.807, 2.05) is 18.7 Å². The van der Waals surface area contributed by atoms with Gasteiger partial charge in [0.25, 0.3) is 0 Å². The molecule has 0 saturated carbocycles. The minimum absolute atomic E-state index is 0.0124. The third-order valence-corrected chi connectivity index (χ3v) is 8.05. The second-order valence-corrected chi connectivity index (χ2v) is 9.75. The fourth-order valence-corrected chi connectivity index (χ4v) is 5.96. The number of nitrogens with zero attached hydrogens (tertiary/aromatic N) is 3. The smallest absolute Gasteiger partial charge is 0.219 e. The molecule has 5 nitrogen and oxygen atoms in total. The number of hydrogen-bond donors (Lipinski definition) is 0. The highest BCUT2D eigenvalue weighted by Gasteiger charge is 2.56. The van der Waals surface area contributed by atoms with Crippen LogP contribution in [-0.4, -0.2) is 78.2 Å². The summed E-state index contributed by atoms with van der Waals surface area (Å²) < 4.78 is 6.10. The van der Waals surface area contributed by atoms with Gasteiger partial charge in [0.15, 0.2) is 0 Å². The molecule has 4 fully saturated rings. The van der Waals surface area contributed by atoms with Gasteiger partial charge in [0, 0.05) is 45.1 Å². The maximum atomic E-state index is 11.6. The van der Waals surface area contributed by atoms with Crippen molar-refractivity contribution in [1.29, 1.82) is 0 Å². The highest BCUT2D eigenvalue weighted by molar-refractivity contribution is 5.73. The lowest BCUT2D eigenvalue weighted by Crippen LogP contribution is -2.54. The van der Waals surface area contributed by atoms with Crippen LogP contribution in [0.1, 0.15) is 73.1 Å². The molecule has 1 unspecified atom stereocenters. The van der Waals surface area contributed by atoms with Gasteiger partial charge in [-0.3, -0.25) is 9.69 Å². The van der Waals surface area contributed by atoms with E-state index in [4.69, 9.17) is 4.74 Å². The monoisotopic (exact) mass is 407 g/mol. The Morgan fingerprint density at radius 2 is 1.45 bits per heavy atom. The normalized spacial score (nSPS) is 30.9. The van der Waals surface area contributed by atoms with E-state index in [1.54, 1.807) is 6.92 Å². The average molecular weight is 408 g/mol. The number of hydrogen-bond acceptors (Lipinski definition) is 4. The minimum atomic E-state index is 0.0124. The Labute approximate surface area is 179 Å². The molecule has 1 atom stereocenters. The van der Waals surface area contributed by atoms with Gasteiger partial charge in [-0.15, -0.1) is 0 Å². The molecular weight excluding hydrogens is 362 g/mol. The molecule has 0 bridgehead atoms. The number of piperidine rings is 3. The number of amides is 1. The van der Waals surface area contributed by atoms with E-state index in [1.165, 1.54) is 51.9 Å². The molecule has 0 aromatic carbocycles. The molecule has 5 heteroatoms. The van der Waals surface area contributed by atoms with Crippen LogP contribution in [0.25, 0.3) is 0 Å². The van der Waals surface area contributed by atoms with Crippen LogP contribution in [0.5, 0.6) is 0 Å². The van der Waals surface area contributed by atoms with Gasteiger partial charge in [0.1, 0.15) is 5.72 Å². The molecular formula is C24H45N3O2. The summed E-state index contributed by atoms with van der Waals surface area (Å²) in [6.07, 6.45) is 7.57. The molecule has 0 aromatic rings. The van der Waals surface area contributed by atoms with Gasteiger partial charge in [-0.2, -0.15) is 0 Å². The van der Waals surface area contributed by atoms with E-state index in [-0.39, 0.29) is 11.6 Å². The van der Waals surface area contributed by atoms with Crippen LogP contribution >= 0.6 is 0 Å². The Bertz CT molecular complexity index is 510. The molecule has 0 spiro atoms. The highest BCUT2D eigenvalue weighted by atomic mass is 16.6. The maximum absolute atomic E-state index is 11.6. The number of epoxide rings is 1. The molecule has 4 aliphatic rings. The molecule has 4 rings (SSSR count). The van der Waals surface area contributed by atoms with Crippen molar-refractivity contribution in [3.05, 3.63) is 0 Å². The minimum Gasteiger partial charge on any atom is -0.353 e. The van der Waals surface area contributed by atoms with Crippen molar-refractivity contribution >= 4 is 5.91 Å². The quantitative estimate of drug-likeness (QED) is 0.664. The fourth-order valence-electron chi connectivity index (χ4n) is 5.96. The lowest BCUT2D eigenvalue weighted by Gasteiger charge is -2.45. The molecule has 0 N–H and O–H groups in total. The van der Waals surface area contributed by atoms with Gasteiger partial charge < -0.3 is 14.5 Å². The molecule has 29 heavy (non-hydrogen) atoms. The van der Waals surface area contributed by atoms with Gasteiger partial charge in [0.05, 0.1) is 6.61 Å². The van der Waals surface area contributed by atoms with Crippen LogP contribution < -0.4 is 0 Å². The first-order valence-corrected chi connectivity index (χ1v) is 12.4. The van der Waals surface area contributed by atoms with Crippen LogP contribution in [0.3, 0.4) is 0 Å². The van der Waals surface area contributed by atoms with Crippen LogP contribution in [0.2, 0.25) is 0 Å². The second-order valence-electron chi connectivity index (χ2n) is 9.75. The Balaban J connectivity index is 0.00000117. The molecule has 0 aliphatic carbocycles. The molecule has 4 heterocycles. The number of likely N-dealkylation sites (tertiary alicyclic amines) is 3. The van der Waals surface area contributed by atoms with Crippen molar-refractivity contribution in [2.24, 2.45) is 17.8 Å². The summed E-state index contributed by atoms with van der Waals surface area (Å²) in [5.74, 6) is 2.60. The zero-order valence-electron chi connectivity index (χ0n) is 19.7. The lowest BCUT2D eigenvalue weighted by atomic mass is 9.85. The molecule has 168 valence electrons. The third-order valence-electron chi connectivity index (χ3n) is 8.05. The number of carbonyl (C=O) groups excluding carboxylic acids is 1. The summed E-state index contributed by atoms with van der Waals surface area (Å²) in [6, 6.07) is 0.782. The summed E-state index contributed by atoms with van der Waals surface area (Å²) in [7, 11) is 0. The van der Waals surface area contributed by atoms with Gasteiger partial charge >= 0.3 is 0 Å². The first-order chi connectivity index (χ1) is 14.0. The van der Waals surface area contributed by atoms with E-state index in [0.717, 1.165) is 50.4 Å². The summed E-state index contributed by atoms with van der Waals surface area (Å²) in [5.41, 5.74) is 0.0124. The fraction of sp³-hybridized carbons (Fsp3) is 0.958. The second kappa shape index (κ2) is 10.1. The Kier molecular flexibility index (Phi) is 8.02. The number of rotatable bonds is 4. The summed E-state index contributed by atoms with van der Waals surface area (Å²) >= 11 is 0. The van der Waals surface area contributed by atoms with Gasteiger partial charge in [0.2, 0.25) is 5.91 Å². The van der Waals surface area contributed by atoms with Crippen molar-refractivity contribution in [2.45, 2.75) is 84.9 Å². The predicted octanol–water partition coefficient (Wildman–Crippen LogP) is 3.83. The molecule has 1 amide bonds. The first kappa shape index (κ1) is 23.0. The Morgan fingerprint density at radius 3 is 1.90 bits per heavy atom. The number of ether oxygens (including phenoxy) is 1. The zero-order valence-corrected chi connectivity index (χ0v) is 19.7. The SMILES string of the molecule is CC.CC(=O)N1CCC(C2(N3CCC(N4CCC(C(C)C)CC4)CC3)CO2)CC1. The van der Waals surface area contributed by atoms with E-state index >= 15 is 0 Å². The van der Waals surface area contributed by atoms with Crippen molar-refractivity contribution < 1.29 is 9.53 Å². The third kappa shape index (κ3) is 5.16. The highest BCUT2D eigenvalue weighted by Crippen LogP contribution is 2.45. The van der Waals surface area contributed by atoms with E-state index < -0.39 is 0 Å². The average Bonchev–Trinajstić information content (AvgIpc) is 3.57. The topological polar surface area (TPSA) is 39.3 Å². The maximum Gasteiger partial charge on any atom is 0.219 e. The lowest BCUT2D eigenvalue weighted by molar-refractivity contribution is -0.131. The van der Waals surface area contributed by atoms with Crippen molar-refractivity contribution in [3.63, 3.8) is 0 Å². The van der Waals surface area contributed by atoms with Crippen molar-refractivity contribution in [2.75, 3.05) is 45.9 Å². The Hall–Kier alpha value is -0.650. The van der Waals surface area contributed by atoms with Gasteiger partial charge in [-0.1, -0.05) is 27.7 Å². The van der Waals surface area contributed by atoms with E-state index in [2.05, 4.69) is 23.6 Å². The van der Waals surface area contributed by atoms with Crippen molar-refractivity contribution in [3.8, 4) is 0 Å². The van der Waals surface area contributed by atoms with Crippen LogP contribution in [-0.2, 0) is 9.53 Å². The summed E-state index contributed by atoms with van der Waals surface area (Å²) in [4.78, 5) is 19.0. The summed E-state index contributed by atoms with van der Waals surface area (Å²) in [6.45, 7) is 18.2. The first-order valence-electron chi connectivity index (χ1n) is 12.4. The summed E-state index contributed by atoms with van der Waals surface area (Å²) in [5, 5.41) is 0. The molecule has 4 aliphatic heterocycles. The standard InChI is InChI=1S/C22H39N3O2.C2H6/c1-17(2)19-4-10-24(11-5-19)21-8-14-25(15-9-21)22(16-27-22)20-6-12-23(13-7-20)18(3)26;1-2/h17,19-21H,4-16H2,1-3H3;1-2H3. The zero-order chi connectivity index (χ0) is 21.0. The van der Waals surface area contributed by atoms with E-state index in [0.29, 0.717) is 5.92 Å². The van der Waals surface area contributed by atoms with E-state index in [9.17, 15) is 4.79 Å². The molecule has 0 aromatic heterocycles. The van der Waals surface area contributed by atoms with Crippen LogP contribution in [0, 0.1) is 17.8 Å². The largest absolute Gasteiger partial charge is 0.353 e. The van der Waals surface area contributed by atoms with Gasteiger partial charge in [-0.25, -0.2) is 0 Å². The van der Waals surface area contributed by atoms with Crippen molar-refractivity contribution in [1.82, 2.24) is 14.7 Å². The Morgan fingerprint density at radius 1 is 0.897 bits per heavy atom. The van der Waals surface area contributed by atoms with Crippen LogP contribution in [0.15, 0.2) is 0 Å². The predicted molar refractivity (Wildman–Crippen MR) is 119 cm³/mol. The molecule has 4 saturated heterocycles. The van der Waals surface area contributed by atoms with Gasteiger partial charge in [-0.05, 0) is 63.5 Å². The van der Waals surface area contributed by atoms with Crippen LogP contribution in [0.4, 0.5) is 0 Å².